The van der Waals surface area contributed by atoms with Crippen molar-refractivity contribution in [2.75, 3.05) is 18.2 Å². The molecule has 0 unspecified atom stereocenters. The summed E-state index contributed by atoms with van der Waals surface area (Å²) in [6.07, 6.45) is -3.34. The Morgan fingerprint density at radius 2 is 1.57 bits per heavy atom. The summed E-state index contributed by atoms with van der Waals surface area (Å²) in [6, 6.07) is 0. The highest BCUT2D eigenvalue weighted by Gasteiger charge is 2.53. The molecule has 0 bridgehead atoms. The van der Waals surface area contributed by atoms with E-state index in [4.69, 9.17) is 35.3 Å². The lowest BCUT2D eigenvalue weighted by atomic mass is 10.1. The van der Waals surface area contributed by atoms with E-state index in [1.165, 1.54) is 39.5 Å². The highest BCUT2D eigenvalue weighted by Crippen LogP contribution is 2.36. The van der Waals surface area contributed by atoms with Crippen LogP contribution in [0.4, 0.5) is 0 Å². The highest BCUT2D eigenvalue weighted by atomic mass is 35.5. The van der Waals surface area contributed by atoms with Gasteiger partial charge in [-0.15, -0.1) is 23.4 Å². The molecule has 1 heterocycles. The Morgan fingerprint density at radius 3 is 2.07 bits per heavy atom. The Kier molecular flexibility index (Phi) is 10.6. The van der Waals surface area contributed by atoms with E-state index in [-0.39, 0.29) is 6.61 Å². The summed E-state index contributed by atoms with van der Waals surface area (Å²) in [5, 5.41) is 0. The van der Waals surface area contributed by atoms with Crippen LogP contribution in [0.25, 0.3) is 0 Å². The van der Waals surface area contributed by atoms with Gasteiger partial charge in [-0.25, -0.2) is 0 Å². The van der Waals surface area contributed by atoms with Crippen molar-refractivity contribution in [3.05, 3.63) is 0 Å². The number of hydrogen-bond donors (Lipinski definition) is 0. The molecule has 0 aromatic heterocycles. The molecule has 0 N–H and O–H groups in total. The third-order valence-electron chi connectivity index (χ3n) is 3.51. The molecule has 1 saturated heterocycles. The Bertz CT molecular complexity index is 571. The zero-order valence-corrected chi connectivity index (χ0v) is 17.7. The van der Waals surface area contributed by atoms with Gasteiger partial charge in [0.1, 0.15) is 18.1 Å². The molecule has 0 radical (unpaired) electrons. The molecule has 0 aromatic rings. The van der Waals surface area contributed by atoms with Crippen molar-refractivity contribution in [2.45, 2.75) is 64.0 Å². The minimum absolute atomic E-state index is 0.302. The van der Waals surface area contributed by atoms with Crippen molar-refractivity contribution < 1.29 is 42.9 Å². The van der Waals surface area contributed by atoms with Gasteiger partial charge in [-0.1, -0.05) is 0 Å². The molecule has 1 aliphatic heterocycles. The molecule has 0 aliphatic carbocycles. The van der Waals surface area contributed by atoms with Crippen molar-refractivity contribution in [3.63, 3.8) is 0 Å². The Labute approximate surface area is 172 Å². The normalized spacial score (nSPS) is 24.9. The third-order valence-corrected chi connectivity index (χ3v) is 5.01. The van der Waals surface area contributed by atoms with Crippen LogP contribution in [0.1, 0.15) is 34.1 Å². The summed E-state index contributed by atoms with van der Waals surface area (Å²) in [6.45, 7) is 4.51. The molecule has 0 aromatic carbocycles. The van der Waals surface area contributed by atoms with Gasteiger partial charge >= 0.3 is 23.9 Å². The first-order valence-corrected chi connectivity index (χ1v) is 10.2. The van der Waals surface area contributed by atoms with Gasteiger partial charge in [-0.3, -0.25) is 19.2 Å². The minimum atomic E-state index is -1.05. The number of carbonyl (C=O) groups excluding carboxylic acids is 4. The van der Waals surface area contributed by atoms with Crippen LogP contribution in [0.2, 0.25) is 0 Å². The second kappa shape index (κ2) is 12.1. The first-order chi connectivity index (χ1) is 13.1. The van der Waals surface area contributed by atoms with E-state index in [0.29, 0.717) is 18.1 Å². The topological polar surface area (TPSA) is 114 Å². The Hall–Kier alpha value is -1.52. The number of hydrogen-bond acceptors (Lipinski definition) is 10. The fourth-order valence-electron chi connectivity index (χ4n) is 2.59. The molecular weight excluding hydrogens is 416 g/mol. The minimum Gasteiger partial charge on any atom is -0.462 e. The van der Waals surface area contributed by atoms with Crippen LogP contribution in [0.5, 0.6) is 0 Å². The van der Waals surface area contributed by atoms with E-state index >= 15 is 0 Å². The Morgan fingerprint density at radius 1 is 0.964 bits per heavy atom. The van der Waals surface area contributed by atoms with Crippen molar-refractivity contribution >= 4 is 47.2 Å². The average Bonchev–Trinajstić information content (AvgIpc) is 2.88. The fraction of sp³-hybridized carbons (Fsp3) is 0.765. The standard InChI is InChI=1S/C17H25ClO9S/c1-9(19)23-8-13(24-10(2)20)14-15(25-11(3)21)16(26-12(4)22)17(27-14)28-7-5-6-18/h13-17H,5-8H2,1-4H3/t13-,14+,15+,16-,17+/m1/s1. The van der Waals surface area contributed by atoms with Crippen LogP contribution < -0.4 is 0 Å². The number of thioether (sulfide) groups is 1. The molecule has 11 heteroatoms. The van der Waals surface area contributed by atoms with Crippen LogP contribution in [-0.4, -0.2) is 72.0 Å². The van der Waals surface area contributed by atoms with Crippen molar-refractivity contribution in [2.24, 2.45) is 0 Å². The van der Waals surface area contributed by atoms with E-state index in [1.807, 2.05) is 0 Å². The van der Waals surface area contributed by atoms with Gasteiger partial charge in [0.25, 0.3) is 0 Å². The SMILES string of the molecule is CC(=O)OC[C@@H](OC(C)=O)[C@@H]1O[C@@H](SCCCCl)[C@H](OC(C)=O)[C@H]1OC(C)=O. The predicted molar refractivity (Wildman–Crippen MR) is 99.8 cm³/mol. The largest absolute Gasteiger partial charge is 0.462 e. The van der Waals surface area contributed by atoms with Crippen molar-refractivity contribution in [1.82, 2.24) is 0 Å². The number of halogens is 1. The highest BCUT2D eigenvalue weighted by molar-refractivity contribution is 7.99. The van der Waals surface area contributed by atoms with Crippen LogP contribution in [0, 0.1) is 0 Å². The van der Waals surface area contributed by atoms with Gasteiger partial charge in [0.15, 0.2) is 18.3 Å². The van der Waals surface area contributed by atoms with Crippen molar-refractivity contribution in [3.8, 4) is 0 Å². The number of rotatable bonds is 10. The molecule has 1 fully saturated rings. The number of carbonyl (C=O) groups is 4. The molecule has 1 rings (SSSR count). The van der Waals surface area contributed by atoms with Crippen molar-refractivity contribution in [1.29, 1.82) is 0 Å². The maximum atomic E-state index is 11.6. The van der Waals surface area contributed by atoms with Gasteiger partial charge in [-0.05, 0) is 12.2 Å². The summed E-state index contributed by atoms with van der Waals surface area (Å²) in [5.41, 5.74) is -0.683. The van der Waals surface area contributed by atoms with E-state index in [0.717, 1.165) is 0 Å². The van der Waals surface area contributed by atoms with E-state index < -0.39 is 53.7 Å². The maximum Gasteiger partial charge on any atom is 0.303 e. The van der Waals surface area contributed by atoms with Crippen LogP contribution in [0.15, 0.2) is 0 Å². The molecule has 9 nitrogen and oxygen atoms in total. The number of ether oxygens (including phenoxy) is 5. The Balaban J connectivity index is 3.12. The molecule has 160 valence electrons. The zero-order valence-electron chi connectivity index (χ0n) is 16.2. The zero-order chi connectivity index (χ0) is 21.3. The van der Waals surface area contributed by atoms with Gasteiger partial charge in [0, 0.05) is 33.6 Å². The molecule has 0 saturated carbocycles. The second-order valence-electron chi connectivity index (χ2n) is 5.98. The molecule has 0 spiro atoms. The first-order valence-electron chi connectivity index (χ1n) is 8.63. The monoisotopic (exact) mass is 440 g/mol. The van der Waals surface area contributed by atoms with Crippen LogP contribution in [-0.2, 0) is 42.9 Å². The lowest BCUT2D eigenvalue weighted by Gasteiger charge is -2.27. The van der Waals surface area contributed by atoms with E-state index in [1.54, 1.807) is 0 Å². The summed E-state index contributed by atoms with van der Waals surface area (Å²) in [5.74, 6) is -1.38. The number of alkyl halides is 1. The quantitative estimate of drug-likeness (QED) is 0.214. The van der Waals surface area contributed by atoms with Gasteiger partial charge in [0.05, 0.1) is 0 Å². The summed E-state index contributed by atoms with van der Waals surface area (Å²) < 4.78 is 26.8. The average molecular weight is 441 g/mol. The first kappa shape index (κ1) is 24.5. The molecule has 5 atom stereocenters. The third kappa shape index (κ3) is 8.24. The lowest BCUT2D eigenvalue weighted by molar-refractivity contribution is -0.176. The van der Waals surface area contributed by atoms with Crippen LogP contribution >= 0.6 is 23.4 Å². The second-order valence-corrected chi connectivity index (χ2v) is 7.57. The molecule has 28 heavy (non-hydrogen) atoms. The van der Waals surface area contributed by atoms with E-state index in [9.17, 15) is 19.2 Å². The molecular formula is C17H25ClO9S. The molecule has 0 amide bonds. The van der Waals surface area contributed by atoms with Gasteiger partial charge in [-0.2, -0.15) is 0 Å². The van der Waals surface area contributed by atoms with Gasteiger partial charge in [0.2, 0.25) is 0 Å². The summed E-state index contributed by atoms with van der Waals surface area (Å²) in [4.78, 5) is 45.9. The molecule has 1 aliphatic rings. The fourth-order valence-corrected chi connectivity index (χ4v) is 4.03. The van der Waals surface area contributed by atoms with Gasteiger partial charge < -0.3 is 23.7 Å². The summed E-state index contributed by atoms with van der Waals surface area (Å²) >= 11 is 7.03. The van der Waals surface area contributed by atoms with E-state index in [2.05, 4.69) is 0 Å². The maximum absolute atomic E-state index is 11.6. The van der Waals surface area contributed by atoms with Crippen LogP contribution in [0.3, 0.4) is 0 Å². The lowest BCUT2D eigenvalue weighted by Crippen LogP contribution is -2.46. The summed E-state index contributed by atoms with van der Waals surface area (Å²) in [7, 11) is 0. The number of esters is 4. The smallest absolute Gasteiger partial charge is 0.303 e. The predicted octanol–water partition coefficient (Wildman–Crippen LogP) is 1.43.